The number of esters is 1. The predicted molar refractivity (Wildman–Crippen MR) is 138 cm³/mol. The molecule has 6 N–H and O–H groups in total. The normalized spacial score (nSPS) is 20.5. The number of benzene rings is 1. The molecule has 4 atom stereocenters. The van der Waals surface area contributed by atoms with Crippen molar-refractivity contribution in [1.29, 1.82) is 0 Å². The molecule has 0 bridgehead atoms. The number of aromatic nitrogens is 5. The predicted octanol–water partition coefficient (Wildman–Crippen LogP) is 1.48. The van der Waals surface area contributed by atoms with Crippen molar-refractivity contribution >= 4 is 40.6 Å². The minimum atomic E-state index is -1.43. The SMILES string of the molecule is Cc1noc(C)c1COc1ccc(Cl)cc1CNc1ncnc2c1ncn2C1OC(C(=O)OC(N)=O)C(N)C1O. The molecule has 0 radical (unpaired) electrons. The molecule has 1 amide bonds. The molecule has 4 unspecified atom stereocenters. The van der Waals surface area contributed by atoms with E-state index in [4.69, 9.17) is 37.1 Å². The van der Waals surface area contributed by atoms with Crippen LogP contribution in [0.1, 0.15) is 28.8 Å². The average Bonchev–Trinajstić information content (AvgIpc) is 3.57. The first-order chi connectivity index (χ1) is 19.1. The number of amides is 1. The summed E-state index contributed by atoms with van der Waals surface area (Å²) in [4.78, 5) is 36.0. The van der Waals surface area contributed by atoms with Crippen molar-refractivity contribution in [3.05, 3.63) is 58.5 Å². The van der Waals surface area contributed by atoms with Gasteiger partial charge in [-0.05, 0) is 32.0 Å². The fraction of sp³-hybridized carbons (Fsp3) is 0.333. The van der Waals surface area contributed by atoms with Gasteiger partial charge in [0.2, 0.25) is 0 Å². The third kappa shape index (κ3) is 5.27. The number of nitrogens with two attached hydrogens (primary N) is 2. The summed E-state index contributed by atoms with van der Waals surface area (Å²) >= 11 is 6.25. The molecule has 1 fully saturated rings. The van der Waals surface area contributed by atoms with Crippen LogP contribution in [0.3, 0.4) is 0 Å². The zero-order valence-electron chi connectivity index (χ0n) is 21.3. The van der Waals surface area contributed by atoms with Crippen molar-refractivity contribution in [2.75, 3.05) is 5.32 Å². The standard InChI is InChI=1S/C24H25ClN8O7/c1-10-14(11(2)40-32-10)7-37-15-4-3-13(25)5-12(15)6-28-20-17-21(30-8-29-20)33(9-31-17)22-18(34)16(26)19(38-22)23(35)39-24(27)36/h3-5,8-9,16,18-19,22,34H,6-7,26H2,1-2H3,(H2,27,36)(H,28,29,30). The van der Waals surface area contributed by atoms with Crippen LogP contribution in [0.5, 0.6) is 5.75 Å². The van der Waals surface area contributed by atoms with Gasteiger partial charge in [0.1, 0.15) is 30.5 Å². The summed E-state index contributed by atoms with van der Waals surface area (Å²) in [5.74, 6) is 0.537. The molecule has 1 aliphatic rings. The number of nitrogens with one attached hydrogen (secondary N) is 1. The molecule has 1 aliphatic heterocycles. The molecular weight excluding hydrogens is 548 g/mol. The second-order valence-electron chi connectivity index (χ2n) is 9.00. The number of fused-ring (bicyclic) bond motifs is 1. The van der Waals surface area contributed by atoms with Crippen molar-refractivity contribution < 1.29 is 33.4 Å². The fourth-order valence-corrected chi connectivity index (χ4v) is 4.52. The third-order valence-corrected chi connectivity index (χ3v) is 6.65. The lowest BCUT2D eigenvalue weighted by molar-refractivity contribution is -0.152. The number of rotatable bonds is 8. The van der Waals surface area contributed by atoms with Crippen molar-refractivity contribution in [2.45, 2.75) is 51.5 Å². The second kappa shape index (κ2) is 11.1. The van der Waals surface area contributed by atoms with E-state index in [1.54, 1.807) is 18.2 Å². The summed E-state index contributed by atoms with van der Waals surface area (Å²) in [7, 11) is 0. The highest BCUT2D eigenvalue weighted by Crippen LogP contribution is 2.32. The number of nitrogens with zero attached hydrogens (tertiary/aromatic N) is 5. The number of hydrogen-bond acceptors (Lipinski definition) is 13. The Morgan fingerprint density at radius 2 is 2.05 bits per heavy atom. The third-order valence-electron chi connectivity index (χ3n) is 6.41. The van der Waals surface area contributed by atoms with Gasteiger partial charge in [-0.25, -0.2) is 24.5 Å². The van der Waals surface area contributed by atoms with Crippen molar-refractivity contribution in [1.82, 2.24) is 24.7 Å². The minimum Gasteiger partial charge on any atom is -0.488 e. The molecular formula is C24H25ClN8O7. The number of aryl methyl sites for hydroxylation is 2. The molecule has 16 heteroatoms. The molecule has 15 nitrogen and oxygen atoms in total. The smallest absolute Gasteiger partial charge is 0.412 e. The lowest BCUT2D eigenvalue weighted by Gasteiger charge is -2.17. The Balaban J connectivity index is 1.35. The van der Waals surface area contributed by atoms with Gasteiger partial charge in [0.05, 0.1) is 23.6 Å². The average molecular weight is 573 g/mol. The molecule has 210 valence electrons. The maximum Gasteiger partial charge on any atom is 0.412 e. The number of aliphatic hydroxyl groups excluding tert-OH is 1. The molecule has 40 heavy (non-hydrogen) atoms. The Kier molecular flexibility index (Phi) is 7.53. The number of primary amides is 1. The van der Waals surface area contributed by atoms with E-state index < -0.39 is 36.5 Å². The molecule has 3 aromatic heterocycles. The van der Waals surface area contributed by atoms with Gasteiger partial charge in [-0.3, -0.25) is 4.57 Å². The zero-order valence-corrected chi connectivity index (χ0v) is 22.0. The summed E-state index contributed by atoms with van der Waals surface area (Å²) in [6, 6.07) is 4.07. The van der Waals surface area contributed by atoms with Gasteiger partial charge in [-0.2, -0.15) is 0 Å². The highest BCUT2D eigenvalue weighted by Gasteiger charge is 2.48. The summed E-state index contributed by atoms with van der Waals surface area (Å²) in [5, 5.41) is 18.3. The van der Waals surface area contributed by atoms with Crippen molar-refractivity contribution in [2.24, 2.45) is 11.5 Å². The topological polar surface area (TPSA) is 216 Å². The first-order valence-electron chi connectivity index (χ1n) is 12.0. The Morgan fingerprint density at radius 3 is 2.77 bits per heavy atom. The second-order valence-corrected chi connectivity index (χ2v) is 9.44. The van der Waals surface area contributed by atoms with E-state index in [-0.39, 0.29) is 13.2 Å². The number of anilines is 1. The van der Waals surface area contributed by atoms with Crippen LogP contribution in [0.15, 0.2) is 35.4 Å². The quantitative estimate of drug-likeness (QED) is 0.174. The van der Waals surface area contributed by atoms with E-state index in [0.717, 1.165) is 16.8 Å². The van der Waals surface area contributed by atoms with Crippen molar-refractivity contribution in [3.63, 3.8) is 0 Å². The molecule has 0 spiro atoms. The molecule has 0 aliphatic carbocycles. The lowest BCUT2D eigenvalue weighted by atomic mass is 10.1. The lowest BCUT2D eigenvalue weighted by Crippen LogP contribution is -2.44. The molecule has 4 aromatic rings. The summed E-state index contributed by atoms with van der Waals surface area (Å²) < 4.78 is 22.6. The molecule has 5 rings (SSSR count). The maximum atomic E-state index is 12.1. The van der Waals surface area contributed by atoms with Gasteiger partial charge in [-0.15, -0.1) is 0 Å². The van der Waals surface area contributed by atoms with E-state index in [2.05, 4.69) is 30.2 Å². The van der Waals surface area contributed by atoms with Gasteiger partial charge < -0.3 is 40.6 Å². The maximum absolute atomic E-state index is 12.1. The first kappa shape index (κ1) is 27.3. The number of hydrogen-bond donors (Lipinski definition) is 4. The van der Waals surface area contributed by atoms with E-state index in [0.29, 0.717) is 33.5 Å². The highest BCUT2D eigenvalue weighted by atomic mass is 35.5. The summed E-state index contributed by atoms with van der Waals surface area (Å²) in [6.45, 7) is 4.19. The summed E-state index contributed by atoms with van der Waals surface area (Å²) in [5.41, 5.74) is 13.8. The van der Waals surface area contributed by atoms with Crippen LogP contribution in [-0.2, 0) is 27.4 Å². The molecule has 1 saturated heterocycles. The van der Waals surface area contributed by atoms with Crippen LogP contribution < -0.4 is 21.5 Å². The fourth-order valence-electron chi connectivity index (χ4n) is 4.32. The van der Waals surface area contributed by atoms with Gasteiger partial charge in [0.15, 0.2) is 29.3 Å². The Hall–Kier alpha value is -4.31. The number of ether oxygens (including phenoxy) is 3. The van der Waals surface area contributed by atoms with Crippen LogP contribution in [0.2, 0.25) is 5.02 Å². The number of carbonyl (C=O) groups is 2. The largest absolute Gasteiger partial charge is 0.488 e. The summed E-state index contributed by atoms with van der Waals surface area (Å²) in [6.07, 6.45) is -2.58. The van der Waals surface area contributed by atoms with Crippen LogP contribution in [0.4, 0.5) is 10.6 Å². The molecule has 1 aromatic carbocycles. The number of imidazole rings is 1. The van der Waals surface area contributed by atoms with Crippen molar-refractivity contribution in [3.8, 4) is 5.75 Å². The molecule has 4 heterocycles. The van der Waals surface area contributed by atoms with Crippen LogP contribution >= 0.6 is 11.6 Å². The first-order valence-corrected chi connectivity index (χ1v) is 12.4. The van der Waals surface area contributed by atoms with E-state index >= 15 is 0 Å². The van der Waals surface area contributed by atoms with Gasteiger partial charge in [0.25, 0.3) is 0 Å². The van der Waals surface area contributed by atoms with Crippen LogP contribution in [-0.4, -0.2) is 60.1 Å². The van der Waals surface area contributed by atoms with E-state index in [1.165, 1.54) is 17.2 Å². The Morgan fingerprint density at radius 1 is 1.25 bits per heavy atom. The highest BCUT2D eigenvalue weighted by molar-refractivity contribution is 6.30. The van der Waals surface area contributed by atoms with Crippen LogP contribution in [0.25, 0.3) is 11.2 Å². The number of carbonyl (C=O) groups excluding carboxylic acids is 2. The number of halogens is 1. The van der Waals surface area contributed by atoms with E-state index in [9.17, 15) is 14.7 Å². The Labute approximate surface area is 231 Å². The number of aliphatic hydroxyl groups is 1. The Bertz CT molecular complexity index is 1550. The molecule has 0 saturated carbocycles. The van der Waals surface area contributed by atoms with E-state index in [1.807, 2.05) is 13.8 Å². The minimum absolute atomic E-state index is 0.262. The van der Waals surface area contributed by atoms with Gasteiger partial charge in [0, 0.05) is 17.1 Å². The van der Waals surface area contributed by atoms with Crippen LogP contribution in [0, 0.1) is 13.8 Å². The van der Waals surface area contributed by atoms with Gasteiger partial charge in [-0.1, -0.05) is 16.8 Å². The van der Waals surface area contributed by atoms with Gasteiger partial charge >= 0.3 is 12.1 Å². The zero-order chi connectivity index (χ0) is 28.6. The monoisotopic (exact) mass is 572 g/mol.